The lowest BCUT2D eigenvalue weighted by Crippen LogP contribution is -2.16. The van der Waals surface area contributed by atoms with Crippen molar-refractivity contribution >= 4 is 22.6 Å². The molecule has 0 saturated carbocycles. The summed E-state index contributed by atoms with van der Waals surface area (Å²) in [6, 6.07) is 3.03. The molecule has 0 heterocycles. The summed E-state index contributed by atoms with van der Waals surface area (Å²) in [7, 11) is 0. The zero-order valence-electron chi connectivity index (χ0n) is 7.55. The molecular weight excluding hydrogens is 322 g/mol. The van der Waals surface area contributed by atoms with E-state index in [0.29, 0.717) is 0 Å². The van der Waals surface area contributed by atoms with Crippen molar-refractivity contribution in [2.75, 3.05) is 6.61 Å². The van der Waals surface area contributed by atoms with Crippen LogP contribution >= 0.6 is 22.6 Å². The first kappa shape index (κ1) is 12.7. The molecule has 84 valence electrons. The fourth-order valence-electron chi connectivity index (χ4n) is 1.10. The number of rotatable bonds is 2. The Morgan fingerprint density at radius 2 is 2.00 bits per heavy atom. The molecule has 2 nitrogen and oxygen atoms in total. The molecule has 3 N–H and O–H groups in total. The predicted octanol–water partition coefficient (Wildman–Crippen LogP) is 2.30. The highest BCUT2D eigenvalue weighted by Gasteiger charge is 2.33. The van der Waals surface area contributed by atoms with Gasteiger partial charge in [-0.15, -0.1) is 0 Å². The van der Waals surface area contributed by atoms with Crippen LogP contribution < -0.4 is 5.73 Å². The van der Waals surface area contributed by atoms with Crippen molar-refractivity contribution in [2.24, 2.45) is 5.73 Å². The molecule has 1 rings (SSSR count). The number of hydrogen-bond donors (Lipinski definition) is 2. The highest BCUT2D eigenvalue weighted by molar-refractivity contribution is 14.1. The highest BCUT2D eigenvalue weighted by Crippen LogP contribution is 2.34. The van der Waals surface area contributed by atoms with Gasteiger partial charge in [0, 0.05) is 3.57 Å². The first-order valence-electron chi connectivity index (χ1n) is 4.09. The number of hydrogen-bond acceptors (Lipinski definition) is 2. The van der Waals surface area contributed by atoms with E-state index >= 15 is 0 Å². The minimum absolute atomic E-state index is 0.119. The number of aliphatic hydroxyl groups excluding tert-OH is 1. The molecule has 0 bridgehead atoms. The molecule has 0 aliphatic carbocycles. The van der Waals surface area contributed by atoms with Crippen LogP contribution in [0, 0.1) is 3.57 Å². The number of nitrogens with two attached hydrogens (primary N) is 1. The van der Waals surface area contributed by atoms with Gasteiger partial charge in [-0.3, -0.25) is 0 Å². The second-order valence-corrected chi connectivity index (χ2v) is 4.19. The largest absolute Gasteiger partial charge is 0.417 e. The average Bonchev–Trinajstić information content (AvgIpc) is 2.15. The summed E-state index contributed by atoms with van der Waals surface area (Å²) in [5, 5.41) is 8.74. The van der Waals surface area contributed by atoms with Gasteiger partial charge in [-0.05, 0) is 40.3 Å². The van der Waals surface area contributed by atoms with Crippen molar-refractivity contribution in [3.8, 4) is 0 Å². The standard InChI is InChI=1S/C9H9F3INO/c10-9(11,12)6-3-5(8(14)4-15)1-2-7(6)13/h1-3,8,15H,4,14H2/t8-/m0/s1. The fraction of sp³-hybridized carbons (Fsp3) is 0.333. The van der Waals surface area contributed by atoms with Crippen molar-refractivity contribution in [2.45, 2.75) is 12.2 Å². The van der Waals surface area contributed by atoms with E-state index in [2.05, 4.69) is 0 Å². The Morgan fingerprint density at radius 1 is 1.40 bits per heavy atom. The average molecular weight is 331 g/mol. The predicted molar refractivity (Wildman–Crippen MR) is 58.2 cm³/mol. The summed E-state index contributed by atoms with van der Waals surface area (Å²) in [5.41, 5.74) is 5.00. The quantitative estimate of drug-likeness (QED) is 0.817. The molecule has 0 amide bonds. The lowest BCUT2D eigenvalue weighted by Gasteiger charge is -2.13. The van der Waals surface area contributed by atoms with Crippen LogP contribution in [0.3, 0.4) is 0 Å². The van der Waals surface area contributed by atoms with Gasteiger partial charge < -0.3 is 10.8 Å². The van der Waals surface area contributed by atoms with Crippen molar-refractivity contribution in [3.05, 3.63) is 32.9 Å². The fourth-order valence-corrected chi connectivity index (χ4v) is 1.74. The molecule has 0 aliphatic rings. The number of alkyl halides is 3. The summed E-state index contributed by atoms with van der Waals surface area (Å²) in [6.07, 6.45) is -4.39. The molecule has 15 heavy (non-hydrogen) atoms. The first-order valence-corrected chi connectivity index (χ1v) is 5.17. The normalized spacial score (nSPS) is 14.0. The monoisotopic (exact) mass is 331 g/mol. The first-order chi connectivity index (χ1) is 6.86. The van der Waals surface area contributed by atoms with Gasteiger partial charge in [0.25, 0.3) is 0 Å². The van der Waals surface area contributed by atoms with Crippen LogP contribution in [0.2, 0.25) is 0 Å². The second-order valence-electron chi connectivity index (χ2n) is 3.03. The third kappa shape index (κ3) is 3.05. The minimum Gasteiger partial charge on any atom is -0.394 e. The van der Waals surface area contributed by atoms with Gasteiger partial charge in [0.15, 0.2) is 0 Å². The molecule has 0 saturated heterocycles. The topological polar surface area (TPSA) is 46.2 Å². The van der Waals surface area contributed by atoms with E-state index in [-0.39, 0.29) is 15.7 Å². The van der Waals surface area contributed by atoms with Gasteiger partial charge in [0.2, 0.25) is 0 Å². The lowest BCUT2D eigenvalue weighted by molar-refractivity contribution is -0.138. The maximum Gasteiger partial charge on any atom is 0.417 e. The molecule has 0 unspecified atom stereocenters. The maximum atomic E-state index is 12.5. The van der Waals surface area contributed by atoms with Crippen LogP contribution in [-0.2, 0) is 6.18 Å². The van der Waals surface area contributed by atoms with Gasteiger partial charge in [0.1, 0.15) is 0 Å². The number of benzene rings is 1. The maximum absolute atomic E-state index is 12.5. The Bertz CT molecular complexity index is 354. The molecule has 0 spiro atoms. The summed E-state index contributed by atoms with van der Waals surface area (Å²) in [6.45, 7) is -0.377. The van der Waals surface area contributed by atoms with Crippen molar-refractivity contribution in [1.82, 2.24) is 0 Å². The number of halogens is 4. The zero-order valence-corrected chi connectivity index (χ0v) is 9.71. The summed E-state index contributed by atoms with van der Waals surface area (Å²) >= 11 is 1.61. The third-order valence-electron chi connectivity index (χ3n) is 1.92. The molecule has 6 heteroatoms. The summed E-state index contributed by atoms with van der Waals surface area (Å²) < 4.78 is 37.6. The van der Waals surface area contributed by atoms with Crippen molar-refractivity contribution in [3.63, 3.8) is 0 Å². The molecule has 0 fully saturated rings. The van der Waals surface area contributed by atoms with Crippen LogP contribution in [0.5, 0.6) is 0 Å². The van der Waals surface area contributed by atoms with Crippen molar-refractivity contribution < 1.29 is 18.3 Å². The van der Waals surface area contributed by atoms with E-state index in [4.69, 9.17) is 10.8 Å². The SMILES string of the molecule is N[C@@H](CO)c1ccc(I)c(C(F)(F)F)c1. The van der Waals surface area contributed by atoms with E-state index in [1.807, 2.05) is 0 Å². The van der Waals surface area contributed by atoms with Gasteiger partial charge in [-0.2, -0.15) is 13.2 Å². The number of aliphatic hydroxyl groups is 1. The molecule has 1 aromatic rings. The van der Waals surface area contributed by atoms with Crippen LogP contribution in [-0.4, -0.2) is 11.7 Å². The smallest absolute Gasteiger partial charge is 0.394 e. The second kappa shape index (κ2) is 4.67. The van der Waals surface area contributed by atoms with Gasteiger partial charge in [-0.25, -0.2) is 0 Å². The highest BCUT2D eigenvalue weighted by atomic mass is 127. The third-order valence-corrected chi connectivity index (χ3v) is 2.86. The molecule has 1 atom stereocenters. The molecule has 0 radical (unpaired) electrons. The van der Waals surface area contributed by atoms with Crippen molar-refractivity contribution in [1.29, 1.82) is 0 Å². The van der Waals surface area contributed by atoms with E-state index in [1.165, 1.54) is 12.1 Å². The van der Waals surface area contributed by atoms with E-state index in [9.17, 15) is 13.2 Å². The summed E-state index contributed by atoms with van der Waals surface area (Å²) in [5.74, 6) is 0. The Labute approximate surface area is 98.4 Å². The van der Waals surface area contributed by atoms with Gasteiger partial charge >= 0.3 is 6.18 Å². The summed E-state index contributed by atoms with van der Waals surface area (Å²) in [4.78, 5) is 0. The Kier molecular flexibility index (Phi) is 3.96. The van der Waals surface area contributed by atoms with E-state index < -0.39 is 17.8 Å². The molecule has 1 aromatic carbocycles. The molecule has 0 aliphatic heterocycles. The minimum atomic E-state index is -4.39. The Hall–Kier alpha value is -0.340. The zero-order chi connectivity index (χ0) is 11.6. The van der Waals surface area contributed by atoms with E-state index in [0.717, 1.165) is 6.07 Å². The van der Waals surface area contributed by atoms with Gasteiger partial charge in [0.05, 0.1) is 18.2 Å². The van der Waals surface area contributed by atoms with Crippen LogP contribution in [0.4, 0.5) is 13.2 Å². The Morgan fingerprint density at radius 3 is 2.47 bits per heavy atom. The van der Waals surface area contributed by atoms with Crippen LogP contribution in [0.1, 0.15) is 17.2 Å². The van der Waals surface area contributed by atoms with E-state index in [1.54, 1.807) is 22.6 Å². The molecular formula is C9H9F3INO. The van der Waals surface area contributed by atoms with Gasteiger partial charge in [-0.1, -0.05) is 6.07 Å². The molecule has 0 aromatic heterocycles. The van der Waals surface area contributed by atoms with Crippen LogP contribution in [0.25, 0.3) is 0 Å². The van der Waals surface area contributed by atoms with Crippen LogP contribution in [0.15, 0.2) is 18.2 Å². The Balaban J connectivity index is 3.17. The lowest BCUT2D eigenvalue weighted by atomic mass is 10.1.